The lowest BCUT2D eigenvalue weighted by Crippen LogP contribution is -2.33. The molecule has 2 N–H and O–H groups in total. The van der Waals surface area contributed by atoms with Crippen molar-refractivity contribution >= 4 is 29.4 Å². The van der Waals surface area contributed by atoms with Crippen molar-refractivity contribution in [3.05, 3.63) is 34.9 Å². The van der Waals surface area contributed by atoms with E-state index in [9.17, 15) is 14.4 Å². The summed E-state index contributed by atoms with van der Waals surface area (Å²) in [6.45, 7) is 5.11. The first-order chi connectivity index (χ1) is 11.3. The second-order valence-electron chi connectivity index (χ2n) is 5.65. The molecule has 0 bridgehead atoms. The topological polar surface area (TPSA) is 84.5 Å². The van der Waals surface area contributed by atoms with Gasteiger partial charge in [-0.2, -0.15) is 0 Å². The van der Waals surface area contributed by atoms with Crippen LogP contribution in [0.15, 0.2) is 24.3 Å². The Balaban J connectivity index is 2.54. The van der Waals surface area contributed by atoms with Gasteiger partial charge in [0.2, 0.25) is 11.8 Å². The molecule has 0 aliphatic rings. The van der Waals surface area contributed by atoms with Gasteiger partial charge in [-0.3, -0.25) is 14.4 Å². The highest BCUT2D eigenvalue weighted by Crippen LogP contribution is 2.19. The van der Waals surface area contributed by atoms with Crippen LogP contribution in [-0.4, -0.2) is 30.4 Å². The van der Waals surface area contributed by atoms with Crippen molar-refractivity contribution in [2.75, 3.05) is 6.54 Å². The van der Waals surface area contributed by atoms with Gasteiger partial charge in [0.05, 0.1) is 25.0 Å². The zero-order chi connectivity index (χ0) is 18.1. The summed E-state index contributed by atoms with van der Waals surface area (Å²) >= 11 is 5.85. The van der Waals surface area contributed by atoms with E-state index in [1.54, 1.807) is 38.1 Å². The summed E-state index contributed by atoms with van der Waals surface area (Å²) in [6, 6.07) is 6.46. The van der Waals surface area contributed by atoms with E-state index >= 15 is 0 Å². The Hall–Kier alpha value is -2.08. The monoisotopic (exact) mass is 354 g/mol. The van der Waals surface area contributed by atoms with Gasteiger partial charge in [0.15, 0.2) is 0 Å². The number of amides is 2. The molecule has 1 unspecified atom stereocenters. The number of benzene rings is 1. The van der Waals surface area contributed by atoms with Crippen molar-refractivity contribution < 1.29 is 19.1 Å². The highest BCUT2D eigenvalue weighted by molar-refractivity contribution is 6.30. The Labute approximate surface area is 146 Å². The van der Waals surface area contributed by atoms with Gasteiger partial charge in [0.1, 0.15) is 0 Å². The van der Waals surface area contributed by atoms with Gasteiger partial charge < -0.3 is 15.4 Å². The molecular weight excluding hydrogens is 332 g/mol. The van der Waals surface area contributed by atoms with Gasteiger partial charge in [0.25, 0.3) is 0 Å². The fourth-order valence-corrected chi connectivity index (χ4v) is 2.20. The normalized spacial score (nSPS) is 11.7. The minimum absolute atomic E-state index is 0.0699. The average molecular weight is 355 g/mol. The maximum Gasteiger partial charge on any atom is 0.307 e. The standard InChI is InChI=1S/C17H23ClN2O4/c1-11(2)24-17(23)8-9-19-16(22)10-15(20-12(3)21)13-4-6-14(18)7-5-13/h4-7,11,15H,8-10H2,1-3H3,(H,19,22)(H,20,21). The zero-order valence-electron chi connectivity index (χ0n) is 14.1. The van der Waals surface area contributed by atoms with Crippen molar-refractivity contribution in [2.45, 2.75) is 45.8 Å². The fourth-order valence-electron chi connectivity index (χ4n) is 2.08. The number of nitrogens with one attached hydrogen (secondary N) is 2. The molecule has 0 heterocycles. The SMILES string of the molecule is CC(=O)NC(CC(=O)NCCC(=O)OC(C)C)c1ccc(Cl)cc1. The average Bonchev–Trinajstić information content (AvgIpc) is 2.46. The highest BCUT2D eigenvalue weighted by Gasteiger charge is 2.17. The molecule has 1 aromatic carbocycles. The molecule has 0 fully saturated rings. The van der Waals surface area contributed by atoms with E-state index in [1.165, 1.54) is 6.92 Å². The molecule has 132 valence electrons. The molecule has 0 aromatic heterocycles. The molecule has 0 spiro atoms. The Morgan fingerprint density at radius 3 is 2.33 bits per heavy atom. The molecule has 1 aromatic rings. The van der Waals surface area contributed by atoms with E-state index in [-0.39, 0.29) is 43.3 Å². The number of esters is 1. The largest absolute Gasteiger partial charge is 0.463 e. The minimum Gasteiger partial charge on any atom is -0.463 e. The molecule has 0 saturated carbocycles. The molecule has 0 saturated heterocycles. The summed E-state index contributed by atoms with van der Waals surface area (Å²) in [5, 5.41) is 5.97. The first-order valence-corrected chi connectivity index (χ1v) is 8.14. The van der Waals surface area contributed by atoms with Crippen molar-refractivity contribution in [1.29, 1.82) is 0 Å². The summed E-state index contributed by atoms with van der Waals surface area (Å²) < 4.78 is 4.99. The maximum absolute atomic E-state index is 12.0. The van der Waals surface area contributed by atoms with Gasteiger partial charge >= 0.3 is 5.97 Å². The van der Waals surface area contributed by atoms with E-state index in [0.29, 0.717) is 5.02 Å². The Kier molecular flexibility index (Phi) is 8.26. The highest BCUT2D eigenvalue weighted by atomic mass is 35.5. The van der Waals surface area contributed by atoms with Crippen LogP contribution in [0, 0.1) is 0 Å². The first-order valence-electron chi connectivity index (χ1n) is 7.76. The minimum atomic E-state index is -0.456. The third kappa shape index (κ3) is 7.97. The van der Waals surface area contributed by atoms with Crippen molar-refractivity contribution in [3.8, 4) is 0 Å². The third-order valence-corrected chi connectivity index (χ3v) is 3.31. The molecule has 0 radical (unpaired) electrons. The molecule has 6 nitrogen and oxygen atoms in total. The van der Waals surface area contributed by atoms with Crippen LogP contribution in [0.25, 0.3) is 0 Å². The summed E-state index contributed by atoms with van der Waals surface area (Å²) in [6.07, 6.45) is -0.00177. The molecule has 1 atom stereocenters. The van der Waals surface area contributed by atoms with E-state index in [2.05, 4.69) is 10.6 Å². The van der Waals surface area contributed by atoms with Gasteiger partial charge in [-0.25, -0.2) is 0 Å². The third-order valence-electron chi connectivity index (χ3n) is 3.06. The van der Waals surface area contributed by atoms with Crippen LogP contribution in [0.3, 0.4) is 0 Å². The molecule has 0 aliphatic carbocycles. The van der Waals surface area contributed by atoms with Crippen LogP contribution < -0.4 is 10.6 Å². The number of rotatable bonds is 8. The van der Waals surface area contributed by atoms with Crippen LogP contribution in [0.5, 0.6) is 0 Å². The quantitative estimate of drug-likeness (QED) is 0.702. The van der Waals surface area contributed by atoms with Gasteiger partial charge in [-0.15, -0.1) is 0 Å². The second kappa shape index (κ2) is 9.93. The lowest BCUT2D eigenvalue weighted by Gasteiger charge is -2.18. The summed E-state index contributed by atoms with van der Waals surface area (Å²) in [5.74, 6) is -0.856. The zero-order valence-corrected chi connectivity index (χ0v) is 14.9. The van der Waals surface area contributed by atoms with E-state index < -0.39 is 6.04 Å². The summed E-state index contributed by atoms with van der Waals surface area (Å²) in [7, 11) is 0. The second-order valence-corrected chi connectivity index (χ2v) is 6.08. The fraction of sp³-hybridized carbons (Fsp3) is 0.471. The van der Waals surface area contributed by atoms with Crippen molar-refractivity contribution in [2.24, 2.45) is 0 Å². The number of carbonyl (C=O) groups excluding carboxylic acids is 3. The number of hydrogen-bond donors (Lipinski definition) is 2. The van der Waals surface area contributed by atoms with Crippen LogP contribution in [0.4, 0.5) is 0 Å². The summed E-state index contributed by atoms with van der Waals surface area (Å²) in [4.78, 5) is 34.8. The van der Waals surface area contributed by atoms with Gasteiger partial charge in [0, 0.05) is 18.5 Å². The Bertz CT molecular complexity index is 572. The lowest BCUT2D eigenvalue weighted by molar-refractivity contribution is -0.147. The van der Waals surface area contributed by atoms with E-state index in [0.717, 1.165) is 5.56 Å². The van der Waals surface area contributed by atoms with Crippen LogP contribution in [-0.2, 0) is 19.1 Å². The van der Waals surface area contributed by atoms with E-state index in [1.807, 2.05) is 0 Å². The van der Waals surface area contributed by atoms with Crippen molar-refractivity contribution in [3.63, 3.8) is 0 Å². The molecule has 1 rings (SSSR count). The van der Waals surface area contributed by atoms with Crippen LogP contribution in [0.2, 0.25) is 5.02 Å². The van der Waals surface area contributed by atoms with E-state index in [4.69, 9.17) is 16.3 Å². The van der Waals surface area contributed by atoms with Crippen LogP contribution in [0.1, 0.15) is 45.2 Å². The lowest BCUT2D eigenvalue weighted by atomic mass is 10.0. The Morgan fingerprint density at radius 2 is 1.79 bits per heavy atom. The number of hydrogen-bond acceptors (Lipinski definition) is 4. The molecule has 0 aliphatic heterocycles. The molecule has 24 heavy (non-hydrogen) atoms. The predicted octanol–water partition coefficient (Wildman–Crippen LogP) is 2.37. The smallest absolute Gasteiger partial charge is 0.307 e. The molecule has 7 heteroatoms. The predicted molar refractivity (Wildman–Crippen MR) is 91.5 cm³/mol. The van der Waals surface area contributed by atoms with Gasteiger partial charge in [-0.05, 0) is 31.5 Å². The van der Waals surface area contributed by atoms with Gasteiger partial charge in [-0.1, -0.05) is 23.7 Å². The first kappa shape index (κ1) is 20.0. The van der Waals surface area contributed by atoms with Crippen LogP contribution >= 0.6 is 11.6 Å². The Morgan fingerprint density at radius 1 is 1.17 bits per heavy atom. The molecular formula is C17H23ClN2O4. The molecule has 2 amide bonds. The van der Waals surface area contributed by atoms with Crippen molar-refractivity contribution in [1.82, 2.24) is 10.6 Å². The maximum atomic E-state index is 12.0. The number of halogens is 1. The summed E-state index contributed by atoms with van der Waals surface area (Å²) in [5.41, 5.74) is 0.781. The number of ether oxygens (including phenoxy) is 1. The number of carbonyl (C=O) groups is 3.